The van der Waals surface area contributed by atoms with Gasteiger partial charge in [-0.15, -0.1) is 0 Å². The fourth-order valence-electron chi connectivity index (χ4n) is 2.46. The molecule has 8 heteroatoms. The lowest BCUT2D eigenvalue weighted by Crippen LogP contribution is -1.89. The number of nitrogens with zero attached hydrogens (tertiary/aromatic N) is 4. The van der Waals surface area contributed by atoms with Crippen LogP contribution in [-0.2, 0) is 5.75 Å². The lowest BCUT2D eigenvalue weighted by Gasteiger charge is -2.02. The molecule has 0 saturated carbocycles. The molecule has 24 heavy (non-hydrogen) atoms. The zero-order valence-corrected chi connectivity index (χ0v) is 13.2. The molecule has 0 unspecified atom stereocenters. The van der Waals surface area contributed by atoms with Crippen molar-refractivity contribution >= 4 is 39.4 Å². The molecule has 7 nitrogen and oxygen atoms in total. The topological polar surface area (TPSA) is 97.6 Å². The lowest BCUT2D eigenvalue weighted by molar-refractivity contribution is -0.384. The predicted octanol–water partition coefficient (Wildman–Crippen LogP) is 3.71. The first-order valence-electron chi connectivity index (χ1n) is 7.16. The van der Waals surface area contributed by atoms with Crippen LogP contribution in [0.1, 0.15) is 5.82 Å². The van der Waals surface area contributed by atoms with E-state index in [2.05, 4.69) is 19.9 Å². The fourth-order valence-corrected chi connectivity index (χ4v) is 3.32. The summed E-state index contributed by atoms with van der Waals surface area (Å²) in [5.74, 6) is 1.34. The van der Waals surface area contributed by atoms with Gasteiger partial charge in [0.25, 0.3) is 5.69 Å². The van der Waals surface area contributed by atoms with Crippen molar-refractivity contribution in [3.05, 3.63) is 64.7 Å². The van der Waals surface area contributed by atoms with Crippen LogP contribution in [0, 0.1) is 10.1 Å². The zero-order chi connectivity index (χ0) is 16.5. The highest BCUT2D eigenvalue weighted by molar-refractivity contribution is 7.98. The number of imidazole rings is 1. The van der Waals surface area contributed by atoms with E-state index in [0.29, 0.717) is 16.8 Å². The highest BCUT2D eigenvalue weighted by Gasteiger charge is 2.11. The molecule has 0 aliphatic rings. The van der Waals surface area contributed by atoms with Crippen LogP contribution in [0.25, 0.3) is 21.9 Å². The van der Waals surface area contributed by atoms with Crippen LogP contribution < -0.4 is 0 Å². The van der Waals surface area contributed by atoms with E-state index in [1.54, 1.807) is 24.2 Å². The van der Waals surface area contributed by atoms with Gasteiger partial charge in [-0.1, -0.05) is 30.0 Å². The molecule has 0 aliphatic carbocycles. The Morgan fingerprint density at radius 1 is 1.12 bits per heavy atom. The summed E-state index contributed by atoms with van der Waals surface area (Å²) < 4.78 is 0. The Hall–Kier alpha value is -3.00. The summed E-state index contributed by atoms with van der Waals surface area (Å²) in [5, 5.41) is 12.7. The van der Waals surface area contributed by atoms with Gasteiger partial charge in [-0.05, 0) is 12.1 Å². The minimum Gasteiger partial charge on any atom is -0.341 e. The number of thioether (sulfide) groups is 1. The Morgan fingerprint density at radius 2 is 2.00 bits per heavy atom. The second-order valence-corrected chi connectivity index (χ2v) is 6.09. The van der Waals surface area contributed by atoms with Crippen LogP contribution in [0.5, 0.6) is 0 Å². The van der Waals surface area contributed by atoms with Crippen LogP contribution in [0.2, 0.25) is 0 Å². The molecule has 0 amide bonds. The molecule has 4 rings (SSSR count). The van der Waals surface area contributed by atoms with Gasteiger partial charge in [-0.2, -0.15) is 0 Å². The Kier molecular flexibility index (Phi) is 3.58. The third kappa shape index (κ3) is 2.67. The summed E-state index contributed by atoms with van der Waals surface area (Å²) in [6, 6.07) is 12.4. The minimum atomic E-state index is -0.415. The average Bonchev–Trinajstić information content (AvgIpc) is 3.01. The van der Waals surface area contributed by atoms with Gasteiger partial charge in [-0.3, -0.25) is 10.1 Å². The number of nitrogens with one attached hydrogen (secondary N) is 1. The molecule has 0 fully saturated rings. The van der Waals surface area contributed by atoms with Crippen molar-refractivity contribution in [2.45, 2.75) is 10.8 Å². The quantitative estimate of drug-likeness (QED) is 0.264. The normalized spacial score (nSPS) is 11.2. The minimum absolute atomic E-state index is 0.0483. The standard InChI is InChI=1S/C16H11N5O2S/c22-21(23)10-5-6-13-14(7-10)20-15(19-13)8-24-16-11-3-1-2-4-12(11)17-9-18-16/h1-7,9H,8H2,(H,19,20). The van der Waals surface area contributed by atoms with Crippen molar-refractivity contribution in [2.75, 3.05) is 0 Å². The molecular weight excluding hydrogens is 326 g/mol. The molecule has 0 bridgehead atoms. The Morgan fingerprint density at radius 3 is 2.88 bits per heavy atom. The Labute approximate surface area is 140 Å². The average molecular weight is 337 g/mol. The third-order valence-electron chi connectivity index (χ3n) is 3.58. The lowest BCUT2D eigenvalue weighted by atomic mass is 10.2. The number of H-pyrrole nitrogens is 1. The molecule has 0 saturated heterocycles. The number of hydrogen-bond donors (Lipinski definition) is 1. The van der Waals surface area contributed by atoms with E-state index in [0.717, 1.165) is 21.8 Å². The number of non-ortho nitro benzene ring substituents is 1. The molecule has 0 radical (unpaired) electrons. The molecule has 2 heterocycles. The molecule has 2 aromatic heterocycles. The monoisotopic (exact) mass is 337 g/mol. The largest absolute Gasteiger partial charge is 0.341 e. The zero-order valence-electron chi connectivity index (χ0n) is 12.3. The van der Waals surface area contributed by atoms with E-state index in [1.165, 1.54) is 12.1 Å². The molecule has 1 N–H and O–H groups in total. The number of fused-ring (bicyclic) bond motifs is 2. The van der Waals surface area contributed by atoms with Crippen molar-refractivity contribution in [1.29, 1.82) is 0 Å². The van der Waals surface area contributed by atoms with Gasteiger partial charge in [0.05, 0.1) is 27.2 Å². The highest BCUT2D eigenvalue weighted by atomic mass is 32.2. The number of aromatic amines is 1. The smallest absolute Gasteiger partial charge is 0.271 e. The first kappa shape index (κ1) is 14.6. The third-order valence-corrected chi connectivity index (χ3v) is 4.59. The number of rotatable bonds is 4. The summed E-state index contributed by atoms with van der Waals surface area (Å²) in [7, 11) is 0. The maximum absolute atomic E-state index is 10.8. The SMILES string of the molecule is O=[N+]([O-])c1ccc2nc(CSc3ncnc4ccccc34)[nH]c2c1. The van der Waals surface area contributed by atoms with Crippen molar-refractivity contribution < 1.29 is 4.92 Å². The maximum atomic E-state index is 10.8. The second kappa shape index (κ2) is 5.89. The number of nitro benzene ring substituents is 1. The van der Waals surface area contributed by atoms with E-state index in [4.69, 9.17) is 0 Å². The fraction of sp³-hybridized carbons (Fsp3) is 0.0625. The van der Waals surface area contributed by atoms with Crippen molar-refractivity contribution in [3.8, 4) is 0 Å². The molecular formula is C16H11N5O2S. The van der Waals surface area contributed by atoms with E-state index in [1.807, 2.05) is 24.3 Å². The van der Waals surface area contributed by atoms with Crippen molar-refractivity contribution in [3.63, 3.8) is 0 Å². The van der Waals surface area contributed by atoms with Gasteiger partial charge in [-0.25, -0.2) is 15.0 Å². The van der Waals surface area contributed by atoms with Crippen molar-refractivity contribution in [2.24, 2.45) is 0 Å². The maximum Gasteiger partial charge on any atom is 0.271 e. The predicted molar refractivity (Wildman–Crippen MR) is 91.8 cm³/mol. The summed E-state index contributed by atoms with van der Waals surface area (Å²) in [5.41, 5.74) is 2.32. The van der Waals surface area contributed by atoms with Crippen LogP contribution in [0.4, 0.5) is 5.69 Å². The van der Waals surface area contributed by atoms with Gasteiger partial charge >= 0.3 is 0 Å². The highest BCUT2D eigenvalue weighted by Crippen LogP contribution is 2.27. The van der Waals surface area contributed by atoms with Crippen LogP contribution in [0.15, 0.2) is 53.8 Å². The summed E-state index contributed by atoms with van der Waals surface area (Å²) in [4.78, 5) is 26.6. The molecule has 0 atom stereocenters. The van der Waals surface area contributed by atoms with Crippen LogP contribution in [0.3, 0.4) is 0 Å². The number of hydrogen-bond acceptors (Lipinski definition) is 6. The Bertz CT molecular complexity index is 1060. The first-order valence-corrected chi connectivity index (χ1v) is 8.15. The Balaban J connectivity index is 1.61. The van der Waals surface area contributed by atoms with E-state index >= 15 is 0 Å². The first-order chi connectivity index (χ1) is 11.7. The molecule has 2 aromatic carbocycles. The van der Waals surface area contributed by atoms with Gasteiger partial charge in [0, 0.05) is 17.5 Å². The number of nitro groups is 1. The van der Waals surface area contributed by atoms with Gasteiger partial charge < -0.3 is 4.98 Å². The number of benzene rings is 2. The van der Waals surface area contributed by atoms with Gasteiger partial charge in [0.2, 0.25) is 0 Å². The van der Waals surface area contributed by atoms with E-state index in [9.17, 15) is 10.1 Å². The van der Waals surface area contributed by atoms with E-state index < -0.39 is 4.92 Å². The number of aromatic nitrogens is 4. The van der Waals surface area contributed by atoms with Crippen LogP contribution >= 0.6 is 11.8 Å². The van der Waals surface area contributed by atoms with Gasteiger partial charge in [0.1, 0.15) is 17.2 Å². The second-order valence-electron chi connectivity index (χ2n) is 5.13. The molecule has 4 aromatic rings. The molecule has 0 spiro atoms. The summed E-state index contributed by atoms with van der Waals surface area (Å²) in [6.07, 6.45) is 1.55. The van der Waals surface area contributed by atoms with Crippen molar-refractivity contribution in [1.82, 2.24) is 19.9 Å². The molecule has 0 aliphatic heterocycles. The van der Waals surface area contributed by atoms with E-state index in [-0.39, 0.29) is 5.69 Å². The molecule has 118 valence electrons. The van der Waals surface area contributed by atoms with Crippen LogP contribution in [-0.4, -0.2) is 24.9 Å². The summed E-state index contributed by atoms with van der Waals surface area (Å²) in [6.45, 7) is 0. The van der Waals surface area contributed by atoms with Gasteiger partial charge in [0.15, 0.2) is 0 Å². The summed E-state index contributed by atoms with van der Waals surface area (Å²) >= 11 is 1.55. The number of para-hydroxylation sites is 1.